The smallest absolute Gasteiger partial charge is 0.126 e. The van der Waals surface area contributed by atoms with Crippen molar-refractivity contribution in [1.29, 1.82) is 0 Å². The molecule has 6 heteroatoms. The van der Waals surface area contributed by atoms with Crippen LogP contribution < -0.4 is 17.0 Å². The number of nitrogen functional groups attached to an aromatic ring is 1. The largest absolute Gasteiger partial charge is 0.383 e. The Hall–Kier alpha value is -0.430. The number of hydrogen-bond acceptors (Lipinski definition) is 6. The molecular weight excluding hydrogens is 252 g/mol. The third kappa shape index (κ3) is 3.51. The molecular formula is C11H18N4S2. The van der Waals surface area contributed by atoms with Gasteiger partial charge in [0.2, 0.25) is 0 Å². The predicted octanol–water partition coefficient (Wildman–Crippen LogP) is 0.887. The first-order valence-corrected chi connectivity index (χ1v) is 7.86. The van der Waals surface area contributed by atoms with Gasteiger partial charge in [0.1, 0.15) is 5.82 Å². The zero-order valence-corrected chi connectivity index (χ0v) is 11.3. The number of nitrogens with two attached hydrogens (primary N) is 2. The molecule has 0 spiro atoms. The van der Waals surface area contributed by atoms with Gasteiger partial charge >= 0.3 is 0 Å². The molecule has 2 rings (SSSR count). The van der Waals surface area contributed by atoms with Crippen molar-refractivity contribution in [1.82, 2.24) is 10.4 Å². The number of aromatic nitrogens is 1. The molecule has 94 valence electrons. The van der Waals surface area contributed by atoms with E-state index in [0.29, 0.717) is 11.1 Å². The summed E-state index contributed by atoms with van der Waals surface area (Å²) in [5.74, 6) is 9.88. The summed E-state index contributed by atoms with van der Waals surface area (Å²) in [6.45, 7) is 0. The Kier molecular flexibility index (Phi) is 4.97. The highest BCUT2D eigenvalue weighted by molar-refractivity contribution is 8.06. The van der Waals surface area contributed by atoms with E-state index in [4.69, 9.17) is 11.6 Å². The van der Waals surface area contributed by atoms with Crippen LogP contribution in [0.15, 0.2) is 18.3 Å². The van der Waals surface area contributed by atoms with E-state index in [0.717, 1.165) is 17.7 Å². The summed E-state index contributed by atoms with van der Waals surface area (Å²) in [5.41, 5.74) is 9.87. The molecule has 1 fully saturated rings. The van der Waals surface area contributed by atoms with Crippen molar-refractivity contribution in [2.75, 3.05) is 23.0 Å². The normalized spacial score (nSPS) is 22.3. The van der Waals surface area contributed by atoms with Crippen molar-refractivity contribution in [3.05, 3.63) is 23.9 Å². The van der Waals surface area contributed by atoms with Crippen LogP contribution in [0, 0.1) is 0 Å². The average Bonchev–Trinajstić information content (AvgIpc) is 2.39. The molecule has 1 aliphatic rings. The second-order valence-electron chi connectivity index (χ2n) is 4.01. The van der Waals surface area contributed by atoms with Crippen molar-refractivity contribution in [2.45, 2.75) is 17.7 Å². The van der Waals surface area contributed by atoms with E-state index in [2.05, 4.69) is 10.4 Å². The molecule has 0 radical (unpaired) electrons. The van der Waals surface area contributed by atoms with Crippen LogP contribution in [-0.4, -0.2) is 33.5 Å². The number of hydrazine groups is 1. The van der Waals surface area contributed by atoms with Crippen LogP contribution >= 0.6 is 23.5 Å². The number of thioether (sulfide) groups is 2. The minimum atomic E-state index is 0.263. The van der Waals surface area contributed by atoms with Gasteiger partial charge in [-0.25, -0.2) is 4.98 Å². The Morgan fingerprint density at radius 1 is 1.53 bits per heavy atom. The lowest BCUT2D eigenvalue weighted by molar-refractivity contribution is 0.523. The molecule has 1 aromatic heterocycles. The van der Waals surface area contributed by atoms with Gasteiger partial charge in [-0.05, 0) is 18.1 Å². The van der Waals surface area contributed by atoms with Crippen molar-refractivity contribution in [3.8, 4) is 0 Å². The fourth-order valence-corrected chi connectivity index (χ4v) is 4.77. The Morgan fingerprint density at radius 2 is 2.41 bits per heavy atom. The highest BCUT2D eigenvalue weighted by Gasteiger charge is 2.24. The predicted molar refractivity (Wildman–Crippen MR) is 77.0 cm³/mol. The van der Waals surface area contributed by atoms with Crippen molar-refractivity contribution < 1.29 is 0 Å². The molecule has 1 aliphatic heterocycles. The number of rotatable bonds is 4. The molecule has 0 bridgehead atoms. The van der Waals surface area contributed by atoms with Gasteiger partial charge in [-0.2, -0.15) is 23.5 Å². The van der Waals surface area contributed by atoms with Gasteiger partial charge in [0.05, 0.1) is 0 Å². The second-order valence-corrected chi connectivity index (χ2v) is 6.51. The van der Waals surface area contributed by atoms with Crippen LogP contribution in [0.4, 0.5) is 5.82 Å². The van der Waals surface area contributed by atoms with Crippen molar-refractivity contribution in [2.24, 2.45) is 5.84 Å². The molecule has 0 aliphatic carbocycles. The van der Waals surface area contributed by atoms with E-state index in [1.165, 1.54) is 11.5 Å². The maximum atomic E-state index is 5.86. The molecule has 2 atom stereocenters. The number of hydrogen-bond donors (Lipinski definition) is 3. The standard InChI is InChI=1S/C11H18N4S2/c12-11-8(2-1-3-14-11)6-9(15-13)10-7-16-4-5-17-10/h1-3,9-10,15H,4-7,13H2,(H2,12,14). The average molecular weight is 270 g/mol. The summed E-state index contributed by atoms with van der Waals surface area (Å²) < 4.78 is 0. The van der Waals surface area contributed by atoms with Gasteiger partial charge in [0, 0.05) is 34.7 Å². The number of nitrogens with one attached hydrogen (secondary N) is 1. The van der Waals surface area contributed by atoms with Crippen LogP contribution in [0.1, 0.15) is 5.56 Å². The summed E-state index contributed by atoms with van der Waals surface area (Å²) in [7, 11) is 0. The van der Waals surface area contributed by atoms with Crippen LogP contribution in [0.25, 0.3) is 0 Å². The quantitative estimate of drug-likeness (QED) is 0.557. The summed E-state index contributed by atoms with van der Waals surface area (Å²) in [4.78, 5) is 4.11. The molecule has 0 aromatic carbocycles. The SMILES string of the molecule is NNC(Cc1cccnc1N)C1CSCCS1. The molecule has 17 heavy (non-hydrogen) atoms. The molecule has 1 aromatic rings. The Bertz CT molecular complexity index is 355. The third-order valence-electron chi connectivity index (χ3n) is 2.87. The van der Waals surface area contributed by atoms with Crippen LogP contribution in [0.5, 0.6) is 0 Å². The number of nitrogens with zero attached hydrogens (tertiary/aromatic N) is 1. The second kappa shape index (κ2) is 6.49. The van der Waals surface area contributed by atoms with E-state index in [9.17, 15) is 0 Å². The highest BCUT2D eigenvalue weighted by atomic mass is 32.2. The van der Waals surface area contributed by atoms with E-state index in [-0.39, 0.29) is 6.04 Å². The van der Waals surface area contributed by atoms with Crippen molar-refractivity contribution >= 4 is 29.3 Å². The lowest BCUT2D eigenvalue weighted by atomic mass is 10.1. The molecule has 5 N–H and O–H groups in total. The molecule has 2 unspecified atom stereocenters. The van der Waals surface area contributed by atoms with Crippen LogP contribution in [-0.2, 0) is 6.42 Å². The van der Waals surface area contributed by atoms with Gasteiger partial charge in [-0.1, -0.05) is 6.07 Å². The van der Waals surface area contributed by atoms with E-state index < -0.39 is 0 Å². The zero-order chi connectivity index (χ0) is 12.1. The number of anilines is 1. The van der Waals surface area contributed by atoms with E-state index in [1.807, 2.05) is 35.7 Å². The topological polar surface area (TPSA) is 77.0 Å². The third-order valence-corrected chi connectivity index (χ3v) is 5.79. The zero-order valence-electron chi connectivity index (χ0n) is 9.63. The maximum Gasteiger partial charge on any atom is 0.126 e. The Morgan fingerprint density at radius 3 is 3.06 bits per heavy atom. The lowest BCUT2D eigenvalue weighted by Gasteiger charge is -2.29. The first-order chi connectivity index (χ1) is 8.31. The first kappa shape index (κ1) is 13.0. The summed E-state index contributed by atoms with van der Waals surface area (Å²) >= 11 is 3.99. The summed E-state index contributed by atoms with van der Waals surface area (Å²) in [5, 5.41) is 0.554. The van der Waals surface area contributed by atoms with Crippen molar-refractivity contribution in [3.63, 3.8) is 0 Å². The van der Waals surface area contributed by atoms with Gasteiger partial charge < -0.3 is 5.73 Å². The van der Waals surface area contributed by atoms with Gasteiger partial charge in [-0.15, -0.1) is 0 Å². The maximum absolute atomic E-state index is 5.86. The summed E-state index contributed by atoms with van der Waals surface area (Å²) in [6.07, 6.45) is 2.56. The van der Waals surface area contributed by atoms with E-state index >= 15 is 0 Å². The molecule has 4 nitrogen and oxygen atoms in total. The lowest BCUT2D eigenvalue weighted by Crippen LogP contribution is -2.46. The van der Waals surface area contributed by atoms with E-state index in [1.54, 1.807) is 6.20 Å². The minimum Gasteiger partial charge on any atom is -0.383 e. The minimum absolute atomic E-state index is 0.263. The summed E-state index contributed by atoms with van der Waals surface area (Å²) in [6, 6.07) is 4.20. The first-order valence-electron chi connectivity index (χ1n) is 5.66. The van der Waals surface area contributed by atoms with Gasteiger partial charge in [0.25, 0.3) is 0 Å². The highest BCUT2D eigenvalue weighted by Crippen LogP contribution is 2.28. The fraction of sp³-hybridized carbons (Fsp3) is 0.545. The monoisotopic (exact) mass is 270 g/mol. The molecule has 1 saturated heterocycles. The van der Waals surface area contributed by atoms with Crippen LogP contribution in [0.3, 0.4) is 0 Å². The molecule has 2 heterocycles. The van der Waals surface area contributed by atoms with Gasteiger partial charge in [-0.3, -0.25) is 11.3 Å². The Balaban J connectivity index is 2.01. The molecule has 0 amide bonds. The van der Waals surface area contributed by atoms with Crippen LogP contribution in [0.2, 0.25) is 0 Å². The van der Waals surface area contributed by atoms with Gasteiger partial charge in [0.15, 0.2) is 0 Å². The number of pyridine rings is 1. The fourth-order valence-electron chi connectivity index (χ4n) is 1.90. The Labute approximate surface area is 110 Å². The molecule has 0 saturated carbocycles.